The smallest absolute Gasteiger partial charge is 0.313 e. The molecule has 3 nitrogen and oxygen atoms in total. The minimum Gasteiger partial charge on any atom is -0.492 e. The molecule has 1 unspecified atom stereocenters. The summed E-state index contributed by atoms with van der Waals surface area (Å²) in [4.78, 5) is 12.4. The summed E-state index contributed by atoms with van der Waals surface area (Å²) in [5.41, 5.74) is 3.30. The highest BCUT2D eigenvalue weighted by Crippen LogP contribution is 2.36. The maximum atomic E-state index is 12.4. The zero-order chi connectivity index (χ0) is 16.2. The molecule has 1 heterocycles. The molecule has 0 fully saturated rings. The van der Waals surface area contributed by atoms with Crippen LogP contribution < -0.4 is 4.74 Å². The van der Waals surface area contributed by atoms with Gasteiger partial charge in [0.05, 0.1) is 23.6 Å². The molecule has 1 aliphatic heterocycles. The van der Waals surface area contributed by atoms with Crippen LogP contribution in [0.2, 0.25) is 0 Å². The van der Waals surface area contributed by atoms with Crippen LogP contribution in [0.3, 0.4) is 0 Å². The van der Waals surface area contributed by atoms with E-state index >= 15 is 0 Å². The minimum atomic E-state index is -0.288. The lowest BCUT2D eigenvalue weighted by Gasteiger charge is -2.17. The van der Waals surface area contributed by atoms with Gasteiger partial charge in [0.1, 0.15) is 5.75 Å². The fourth-order valence-electron chi connectivity index (χ4n) is 2.94. The first-order chi connectivity index (χ1) is 11.2. The number of ether oxygens (including phenoxy) is 2. The van der Waals surface area contributed by atoms with E-state index in [0.29, 0.717) is 13.0 Å². The molecule has 0 aliphatic carbocycles. The Kier molecular flexibility index (Phi) is 5.01. The standard InChI is InChI=1S/C19H19BrO3/c1-2-22-19(21)16(14-6-4-3-5-7-14)11-13-10-15-8-9-23-18(15)17(20)12-13/h3-7,10,12,16H,2,8-9,11H2,1H3. The molecule has 4 heteroatoms. The van der Waals surface area contributed by atoms with E-state index in [1.165, 1.54) is 5.56 Å². The summed E-state index contributed by atoms with van der Waals surface area (Å²) in [6, 6.07) is 14.0. The van der Waals surface area contributed by atoms with Crippen molar-refractivity contribution in [1.29, 1.82) is 0 Å². The van der Waals surface area contributed by atoms with Gasteiger partial charge < -0.3 is 9.47 Å². The van der Waals surface area contributed by atoms with Gasteiger partial charge in [-0.05, 0) is 52.0 Å². The summed E-state index contributed by atoms with van der Waals surface area (Å²) in [5.74, 6) is 0.469. The van der Waals surface area contributed by atoms with Gasteiger partial charge in [-0.1, -0.05) is 36.4 Å². The van der Waals surface area contributed by atoms with Crippen LogP contribution in [-0.4, -0.2) is 19.2 Å². The molecular formula is C19H19BrO3. The Morgan fingerprint density at radius 1 is 1.30 bits per heavy atom. The third-order valence-electron chi connectivity index (χ3n) is 4.01. The van der Waals surface area contributed by atoms with Gasteiger partial charge in [-0.15, -0.1) is 0 Å². The number of fused-ring (bicyclic) bond motifs is 1. The first kappa shape index (κ1) is 16.1. The van der Waals surface area contributed by atoms with Crippen molar-refractivity contribution in [2.45, 2.75) is 25.7 Å². The quantitative estimate of drug-likeness (QED) is 0.732. The highest BCUT2D eigenvalue weighted by atomic mass is 79.9. The molecule has 0 N–H and O–H groups in total. The topological polar surface area (TPSA) is 35.5 Å². The van der Waals surface area contributed by atoms with Crippen molar-refractivity contribution in [2.75, 3.05) is 13.2 Å². The molecule has 0 radical (unpaired) electrons. The van der Waals surface area contributed by atoms with Gasteiger partial charge in [0.25, 0.3) is 0 Å². The summed E-state index contributed by atoms with van der Waals surface area (Å²) in [5, 5.41) is 0. The maximum Gasteiger partial charge on any atom is 0.313 e. The number of carbonyl (C=O) groups is 1. The molecule has 0 amide bonds. The van der Waals surface area contributed by atoms with E-state index < -0.39 is 0 Å². The molecule has 2 aromatic carbocycles. The molecule has 0 spiro atoms. The second kappa shape index (κ2) is 7.18. The predicted octanol–water partition coefficient (Wildman–Crippen LogP) is 4.27. The second-order valence-electron chi connectivity index (χ2n) is 5.58. The third-order valence-corrected chi connectivity index (χ3v) is 4.60. The minimum absolute atomic E-state index is 0.174. The van der Waals surface area contributed by atoms with Gasteiger partial charge in [-0.3, -0.25) is 4.79 Å². The van der Waals surface area contributed by atoms with E-state index in [0.717, 1.165) is 34.4 Å². The zero-order valence-corrected chi connectivity index (χ0v) is 14.6. The lowest BCUT2D eigenvalue weighted by Crippen LogP contribution is -2.18. The highest BCUT2D eigenvalue weighted by Gasteiger charge is 2.24. The molecule has 120 valence electrons. The number of esters is 1. The highest BCUT2D eigenvalue weighted by molar-refractivity contribution is 9.10. The van der Waals surface area contributed by atoms with Crippen LogP contribution >= 0.6 is 15.9 Å². The van der Waals surface area contributed by atoms with E-state index in [1.54, 1.807) is 0 Å². The van der Waals surface area contributed by atoms with Crippen molar-refractivity contribution in [3.63, 3.8) is 0 Å². The van der Waals surface area contributed by atoms with Gasteiger partial charge in [0, 0.05) is 6.42 Å². The van der Waals surface area contributed by atoms with Crippen LogP contribution in [0.15, 0.2) is 46.9 Å². The Morgan fingerprint density at radius 2 is 2.09 bits per heavy atom. The fraction of sp³-hybridized carbons (Fsp3) is 0.316. The summed E-state index contributed by atoms with van der Waals surface area (Å²) in [7, 11) is 0. The van der Waals surface area contributed by atoms with E-state index in [4.69, 9.17) is 9.47 Å². The Morgan fingerprint density at radius 3 is 2.83 bits per heavy atom. The SMILES string of the molecule is CCOC(=O)C(Cc1cc(Br)c2c(c1)CCO2)c1ccccc1. The van der Waals surface area contributed by atoms with Crippen LogP contribution in [0, 0.1) is 0 Å². The van der Waals surface area contributed by atoms with Crippen LogP contribution in [0.1, 0.15) is 29.5 Å². The van der Waals surface area contributed by atoms with Crippen molar-refractivity contribution >= 4 is 21.9 Å². The average Bonchev–Trinajstić information content (AvgIpc) is 3.03. The van der Waals surface area contributed by atoms with Crippen molar-refractivity contribution in [3.8, 4) is 5.75 Å². The van der Waals surface area contributed by atoms with Crippen LogP contribution in [-0.2, 0) is 22.4 Å². The van der Waals surface area contributed by atoms with E-state index in [-0.39, 0.29) is 11.9 Å². The number of benzene rings is 2. The van der Waals surface area contributed by atoms with Crippen LogP contribution in [0.25, 0.3) is 0 Å². The first-order valence-corrected chi connectivity index (χ1v) is 8.64. The van der Waals surface area contributed by atoms with Crippen LogP contribution in [0.5, 0.6) is 5.75 Å². The normalized spacial score (nSPS) is 14.0. The molecule has 0 aromatic heterocycles. The zero-order valence-electron chi connectivity index (χ0n) is 13.0. The molecule has 3 rings (SSSR count). The van der Waals surface area contributed by atoms with Gasteiger partial charge in [0.15, 0.2) is 0 Å². The van der Waals surface area contributed by atoms with Gasteiger partial charge >= 0.3 is 5.97 Å². The van der Waals surface area contributed by atoms with E-state index in [1.807, 2.05) is 43.3 Å². The van der Waals surface area contributed by atoms with Crippen molar-refractivity contribution in [3.05, 3.63) is 63.6 Å². The van der Waals surface area contributed by atoms with Gasteiger partial charge in [-0.2, -0.15) is 0 Å². The number of halogens is 1. The van der Waals surface area contributed by atoms with Crippen molar-refractivity contribution < 1.29 is 14.3 Å². The lowest BCUT2D eigenvalue weighted by atomic mass is 9.91. The summed E-state index contributed by atoms with van der Waals surface area (Å²) in [6.45, 7) is 2.95. The molecule has 0 bridgehead atoms. The summed E-state index contributed by atoms with van der Waals surface area (Å²) in [6.07, 6.45) is 1.53. The van der Waals surface area contributed by atoms with Crippen LogP contribution in [0.4, 0.5) is 0 Å². The largest absolute Gasteiger partial charge is 0.492 e. The Bertz CT molecular complexity index is 697. The molecular weight excluding hydrogens is 356 g/mol. The predicted molar refractivity (Wildman–Crippen MR) is 92.9 cm³/mol. The molecule has 0 saturated heterocycles. The van der Waals surface area contributed by atoms with Gasteiger partial charge in [0.2, 0.25) is 0 Å². The first-order valence-electron chi connectivity index (χ1n) is 7.84. The number of carbonyl (C=O) groups excluding carboxylic acids is 1. The second-order valence-corrected chi connectivity index (χ2v) is 6.44. The Labute approximate surface area is 144 Å². The fourth-order valence-corrected chi connectivity index (χ4v) is 3.61. The van der Waals surface area contributed by atoms with E-state index in [2.05, 4.69) is 22.0 Å². The molecule has 23 heavy (non-hydrogen) atoms. The summed E-state index contributed by atoms with van der Waals surface area (Å²) >= 11 is 3.57. The number of rotatable bonds is 5. The number of hydrogen-bond donors (Lipinski definition) is 0. The molecule has 1 aliphatic rings. The molecule has 0 saturated carbocycles. The lowest BCUT2D eigenvalue weighted by molar-refractivity contribution is -0.144. The number of hydrogen-bond acceptors (Lipinski definition) is 3. The maximum absolute atomic E-state index is 12.4. The van der Waals surface area contributed by atoms with E-state index in [9.17, 15) is 4.79 Å². The molecule has 2 aromatic rings. The Balaban J connectivity index is 1.90. The average molecular weight is 375 g/mol. The molecule has 1 atom stereocenters. The monoisotopic (exact) mass is 374 g/mol. The van der Waals surface area contributed by atoms with Crippen molar-refractivity contribution in [1.82, 2.24) is 0 Å². The van der Waals surface area contributed by atoms with Crippen molar-refractivity contribution in [2.24, 2.45) is 0 Å². The Hall–Kier alpha value is -1.81. The van der Waals surface area contributed by atoms with Gasteiger partial charge in [-0.25, -0.2) is 0 Å². The summed E-state index contributed by atoms with van der Waals surface area (Å²) < 4.78 is 11.9. The third kappa shape index (κ3) is 3.58.